The standard InChI is InChI=1S/C31H32IN7/c1-21(28(26-6-4-5-24(15-26)18-33)16-22-7-9-23(17-32)10-8-22)37-29(31(2,3)19-34)25-11-13-27(14-12-25)38-30-35-20-36-39-30/h4-15,20-21,28-29,37H,16-17H2,1-3H3,(H2,35,36,38,39)/t21-,28+,29?/m0/s1. The van der Waals surface area contributed by atoms with Crippen LogP contribution in [0.15, 0.2) is 79.1 Å². The highest BCUT2D eigenvalue weighted by Crippen LogP contribution is 2.36. The summed E-state index contributed by atoms with van der Waals surface area (Å²) in [5.41, 5.74) is 5.49. The number of halogens is 1. The van der Waals surface area contributed by atoms with Crippen molar-refractivity contribution in [1.29, 1.82) is 10.5 Å². The van der Waals surface area contributed by atoms with E-state index in [0.717, 1.165) is 27.7 Å². The molecule has 1 unspecified atom stereocenters. The number of aromatic amines is 1. The van der Waals surface area contributed by atoms with Crippen molar-refractivity contribution in [3.63, 3.8) is 0 Å². The van der Waals surface area contributed by atoms with Gasteiger partial charge in [0.2, 0.25) is 5.95 Å². The van der Waals surface area contributed by atoms with Crippen molar-refractivity contribution in [2.24, 2.45) is 5.41 Å². The second-order valence-electron chi connectivity index (χ2n) is 10.3. The molecular formula is C31H32IN7. The first-order valence-electron chi connectivity index (χ1n) is 12.9. The van der Waals surface area contributed by atoms with Crippen LogP contribution in [0.5, 0.6) is 0 Å². The molecule has 4 rings (SSSR count). The van der Waals surface area contributed by atoms with Gasteiger partial charge in [-0.2, -0.15) is 10.5 Å². The number of nitriles is 2. The van der Waals surface area contributed by atoms with Gasteiger partial charge in [-0.25, -0.2) is 4.98 Å². The van der Waals surface area contributed by atoms with E-state index in [-0.39, 0.29) is 18.0 Å². The zero-order chi connectivity index (χ0) is 27.8. The first-order valence-corrected chi connectivity index (χ1v) is 14.4. The summed E-state index contributed by atoms with van der Waals surface area (Å²) in [4.78, 5) is 4.11. The van der Waals surface area contributed by atoms with Gasteiger partial charge in [0.25, 0.3) is 0 Å². The average Bonchev–Trinajstić information content (AvgIpc) is 3.48. The van der Waals surface area contributed by atoms with Gasteiger partial charge in [0, 0.05) is 22.1 Å². The third kappa shape index (κ3) is 7.23. The van der Waals surface area contributed by atoms with Crippen LogP contribution < -0.4 is 10.6 Å². The highest BCUT2D eigenvalue weighted by molar-refractivity contribution is 14.1. The molecule has 3 atom stereocenters. The molecule has 0 amide bonds. The zero-order valence-corrected chi connectivity index (χ0v) is 24.5. The summed E-state index contributed by atoms with van der Waals surface area (Å²) in [5.74, 6) is 0.588. The molecule has 0 aliphatic rings. The number of nitrogens with one attached hydrogen (secondary N) is 3. The topological polar surface area (TPSA) is 113 Å². The molecule has 3 aromatic carbocycles. The third-order valence-electron chi connectivity index (χ3n) is 7.03. The molecule has 39 heavy (non-hydrogen) atoms. The van der Waals surface area contributed by atoms with Crippen molar-refractivity contribution in [1.82, 2.24) is 20.5 Å². The van der Waals surface area contributed by atoms with Gasteiger partial charge in [-0.3, -0.25) is 5.10 Å². The molecule has 0 saturated carbocycles. The Kier molecular flexibility index (Phi) is 9.34. The van der Waals surface area contributed by atoms with Crippen LogP contribution in [0.4, 0.5) is 11.6 Å². The van der Waals surface area contributed by atoms with Gasteiger partial charge in [0.1, 0.15) is 6.33 Å². The first-order chi connectivity index (χ1) is 18.8. The number of alkyl halides is 1. The molecule has 4 aromatic rings. The van der Waals surface area contributed by atoms with E-state index < -0.39 is 5.41 Å². The Morgan fingerprint density at radius 3 is 2.31 bits per heavy atom. The molecule has 0 radical (unpaired) electrons. The van der Waals surface area contributed by atoms with E-state index in [2.05, 4.69) is 97.8 Å². The van der Waals surface area contributed by atoms with E-state index in [0.29, 0.717) is 11.5 Å². The van der Waals surface area contributed by atoms with Crippen molar-refractivity contribution >= 4 is 34.2 Å². The minimum absolute atomic E-state index is 0.00637. The minimum atomic E-state index is -0.673. The maximum atomic E-state index is 10.1. The largest absolute Gasteiger partial charge is 0.323 e. The number of hydrogen-bond acceptors (Lipinski definition) is 6. The van der Waals surface area contributed by atoms with Crippen molar-refractivity contribution in [3.05, 3.63) is 107 Å². The minimum Gasteiger partial charge on any atom is -0.323 e. The summed E-state index contributed by atoms with van der Waals surface area (Å²) in [6.45, 7) is 6.10. The van der Waals surface area contributed by atoms with Crippen LogP contribution in [0.25, 0.3) is 0 Å². The molecule has 8 heteroatoms. The van der Waals surface area contributed by atoms with Gasteiger partial charge in [-0.1, -0.05) is 71.1 Å². The molecule has 0 spiro atoms. The van der Waals surface area contributed by atoms with Crippen LogP contribution in [0.3, 0.4) is 0 Å². The first kappa shape index (κ1) is 28.3. The highest BCUT2D eigenvalue weighted by atomic mass is 127. The van der Waals surface area contributed by atoms with Gasteiger partial charge in [0.05, 0.1) is 29.2 Å². The van der Waals surface area contributed by atoms with Crippen molar-refractivity contribution < 1.29 is 0 Å². The Morgan fingerprint density at radius 1 is 0.974 bits per heavy atom. The highest BCUT2D eigenvalue weighted by Gasteiger charge is 2.34. The lowest BCUT2D eigenvalue weighted by atomic mass is 9.79. The Balaban J connectivity index is 1.63. The van der Waals surface area contributed by atoms with E-state index in [4.69, 9.17) is 0 Å². The lowest BCUT2D eigenvalue weighted by Gasteiger charge is -2.36. The van der Waals surface area contributed by atoms with E-state index >= 15 is 0 Å². The molecule has 3 N–H and O–H groups in total. The van der Waals surface area contributed by atoms with Crippen molar-refractivity contribution in [2.45, 2.75) is 49.6 Å². The van der Waals surface area contributed by atoms with Gasteiger partial charge < -0.3 is 10.6 Å². The summed E-state index contributed by atoms with van der Waals surface area (Å²) in [5, 5.41) is 33.4. The van der Waals surface area contributed by atoms with Gasteiger partial charge >= 0.3 is 0 Å². The molecule has 0 aliphatic carbocycles. The fraction of sp³-hybridized carbons (Fsp3) is 0.290. The van der Waals surface area contributed by atoms with Crippen LogP contribution >= 0.6 is 22.6 Å². The predicted molar refractivity (Wildman–Crippen MR) is 163 cm³/mol. The number of H-pyrrole nitrogens is 1. The average molecular weight is 630 g/mol. The number of benzene rings is 3. The summed E-state index contributed by atoms with van der Waals surface area (Å²) in [7, 11) is 0. The van der Waals surface area contributed by atoms with Gasteiger partial charge in [-0.05, 0) is 73.7 Å². The molecule has 0 saturated heterocycles. The second-order valence-corrected chi connectivity index (χ2v) is 11.1. The maximum Gasteiger partial charge on any atom is 0.246 e. The Hall–Kier alpha value is -3.73. The molecular weight excluding hydrogens is 597 g/mol. The summed E-state index contributed by atoms with van der Waals surface area (Å²) >= 11 is 2.38. The third-order valence-corrected chi connectivity index (χ3v) is 7.92. The SMILES string of the molecule is C[C@H](NC(c1ccc(Nc2nc[nH]n2)cc1)C(C)(C)C#N)[C@@H](Cc1ccc(CI)cc1)c1cccc(C#N)c1. The summed E-state index contributed by atoms with van der Waals surface area (Å²) in [6.07, 6.45) is 2.33. The number of aromatic nitrogens is 3. The fourth-order valence-electron chi connectivity index (χ4n) is 4.76. The smallest absolute Gasteiger partial charge is 0.246 e. The quantitative estimate of drug-likeness (QED) is 0.122. The molecule has 0 fully saturated rings. The van der Waals surface area contributed by atoms with E-state index in [1.807, 2.05) is 56.3 Å². The normalized spacial score (nSPS) is 13.6. The molecule has 0 aliphatic heterocycles. The lowest BCUT2D eigenvalue weighted by Crippen LogP contribution is -2.42. The summed E-state index contributed by atoms with van der Waals surface area (Å²) < 4.78 is 0.973. The molecule has 1 heterocycles. The molecule has 198 valence electrons. The van der Waals surface area contributed by atoms with Crippen LogP contribution in [-0.2, 0) is 10.8 Å². The van der Waals surface area contributed by atoms with Crippen LogP contribution in [0, 0.1) is 28.1 Å². The van der Waals surface area contributed by atoms with Crippen LogP contribution in [-0.4, -0.2) is 21.2 Å². The zero-order valence-electron chi connectivity index (χ0n) is 22.3. The lowest BCUT2D eigenvalue weighted by molar-refractivity contribution is 0.281. The number of rotatable bonds is 11. The Bertz CT molecular complexity index is 1430. The van der Waals surface area contributed by atoms with Crippen molar-refractivity contribution in [3.8, 4) is 12.1 Å². The van der Waals surface area contributed by atoms with Crippen LogP contribution in [0.1, 0.15) is 60.5 Å². The van der Waals surface area contributed by atoms with Crippen molar-refractivity contribution in [2.75, 3.05) is 5.32 Å². The molecule has 1 aromatic heterocycles. The number of hydrogen-bond donors (Lipinski definition) is 3. The number of nitrogens with zero attached hydrogens (tertiary/aromatic N) is 4. The fourth-order valence-corrected chi connectivity index (χ4v) is 5.27. The molecule has 7 nitrogen and oxygen atoms in total. The number of anilines is 2. The summed E-state index contributed by atoms with van der Waals surface area (Å²) in [6, 6.07) is 29.2. The van der Waals surface area contributed by atoms with Gasteiger partial charge in [-0.15, -0.1) is 5.10 Å². The monoisotopic (exact) mass is 629 g/mol. The van der Waals surface area contributed by atoms with E-state index in [1.54, 1.807) is 0 Å². The predicted octanol–water partition coefficient (Wildman–Crippen LogP) is 6.95. The van der Waals surface area contributed by atoms with E-state index in [1.165, 1.54) is 17.5 Å². The second kappa shape index (κ2) is 12.9. The van der Waals surface area contributed by atoms with Crippen LogP contribution in [0.2, 0.25) is 0 Å². The van der Waals surface area contributed by atoms with Gasteiger partial charge in [0.15, 0.2) is 0 Å². The Morgan fingerprint density at radius 2 is 1.69 bits per heavy atom. The Labute approximate surface area is 243 Å². The molecule has 0 bridgehead atoms. The van der Waals surface area contributed by atoms with E-state index in [9.17, 15) is 10.5 Å². The maximum absolute atomic E-state index is 10.1.